The van der Waals surface area contributed by atoms with Gasteiger partial charge < -0.3 is 9.64 Å². The zero-order valence-electron chi connectivity index (χ0n) is 18.5. The molecule has 1 saturated heterocycles. The largest absolute Gasteiger partial charge is 0.449 e. The van der Waals surface area contributed by atoms with E-state index in [1.807, 2.05) is 0 Å². The summed E-state index contributed by atoms with van der Waals surface area (Å²) < 4.78 is 45.9. The predicted octanol–water partition coefficient (Wildman–Crippen LogP) is 3.86. The van der Waals surface area contributed by atoms with Gasteiger partial charge in [-0.2, -0.15) is 4.31 Å². The zero-order valence-corrected chi connectivity index (χ0v) is 20.0. The lowest BCUT2D eigenvalue weighted by atomic mass is 10.2. The molecule has 0 radical (unpaired) electrons. The van der Waals surface area contributed by atoms with Crippen LogP contribution in [0, 0.1) is 5.82 Å². The molecule has 0 spiro atoms. The van der Waals surface area contributed by atoms with E-state index in [9.17, 15) is 22.4 Å². The minimum atomic E-state index is -3.77. The molecule has 0 saturated carbocycles. The van der Waals surface area contributed by atoms with Crippen LogP contribution >= 0.6 is 11.6 Å². The Labute approximate surface area is 198 Å². The summed E-state index contributed by atoms with van der Waals surface area (Å²) in [5.74, 6) is -1.82. The molecule has 10 heteroatoms. The second kappa shape index (κ2) is 10.6. The van der Waals surface area contributed by atoms with E-state index < -0.39 is 33.8 Å². The number of rotatable bonds is 7. The summed E-state index contributed by atoms with van der Waals surface area (Å²) in [6, 6.07) is 9.70. The summed E-state index contributed by atoms with van der Waals surface area (Å²) in [5.41, 5.74) is 0.449. The third-order valence-corrected chi connectivity index (χ3v) is 7.65. The molecule has 1 heterocycles. The smallest absolute Gasteiger partial charge is 0.340 e. The van der Waals surface area contributed by atoms with Crippen molar-refractivity contribution >= 4 is 33.5 Å². The van der Waals surface area contributed by atoms with Gasteiger partial charge in [-0.05, 0) is 55.7 Å². The highest BCUT2D eigenvalue weighted by molar-refractivity contribution is 7.89. The second-order valence-corrected chi connectivity index (χ2v) is 10.3. The highest BCUT2D eigenvalue weighted by Gasteiger charge is 2.29. The Morgan fingerprint density at radius 3 is 2.52 bits per heavy atom. The third-order valence-electron chi connectivity index (χ3n) is 5.43. The Balaban J connectivity index is 1.71. The summed E-state index contributed by atoms with van der Waals surface area (Å²) in [4.78, 5) is 26.6. The van der Waals surface area contributed by atoms with Gasteiger partial charge in [-0.1, -0.05) is 30.2 Å². The maximum atomic E-state index is 13.4. The molecule has 7 nitrogen and oxygen atoms in total. The predicted molar refractivity (Wildman–Crippen MR) is 122 cm³/mol. The van der Waals surface area contributed by atoms with E-state index in [1.54, 1.807) is 12.1 Å². The minimum absolute atomic E-state index is 0.0189. The molecular weight excluding hydrogens is 471 g/mol. The van der Waals surface area contributed by atoms with E-state index in [4.69, 9.17) is 16.3 Å². The molecule has 0 N–H and O–H groups in total. The van der Waals surface area contributed by atoms with Gasteiger partial charge in [0.1, 0.15) is 5.82 Å². The number of hydrogen-bond acceptors (Lipinski definition) is 5. The average Bonchev–Trinajstić information content (AvgIpc) is 2.79. The lowest BCUT2D eigenvalue weighted by Crippen LogP contribution is -2.37. The van der Waals surface area contributed by atoms with Gasteiger partial charge in [-0.15, -0.1) is 0 Å². The van der Waals surface area contributed by atoms with Crippen LogP contribution in [0.3, 0.4) is 0 Å². The van der Waals surface area contributed by atoms with Gasteiger partial charge in [0, 0.05) is 26.7 Å². The fourth-order valence-corrected chi connectivity index (χ4v) is 5.39. The molecule has 0 aliphatic carbocycles. The molecule has 33 heavy (non-hydrogen) atoms. The summed E-state index contributed by atoms with van der Waals surface area (Å²) in [6.45, 7) is 2.38. The van der Waals surface area contributed by atoms with Crippen LogP contribution in [0.25, 0.3) is 0 Å². The van der Waals surface area contributed by atoms with Gasteiger partial charge >= 0.3 is 5.97 Å². The minimum Gasteiger partial charge on any atom is -0.449 e. The first kappa shape index (κ1) is 25.1. The number of halogens is 2. The highest BCUT2D eigenvalue weighted by Crippen LogP contribution is 2.26. The molecule has 2 aromatic rings. The van der Waals surface area contributed by atoms with Gasteiger partial charge in [-0.25, -0.2) is 17.6 Å². The van der Waals surface area contributed by atoms with Crippen LogP contribution in [0.15, 0.2) is 47.4 Å². The van der Waals surface area contributed by atoms with Crippen LogP contribution in [0.4, 0.5) is 4.39 Å². The van der Waals surface area contributed by atoms with E-state index in [0.29, 0.717) is 18.7 Å². The van der Waals surface area contributed by atoms with Crippen molar-refractivity contribution in [1.82, 2.24) is 9.21 Å². The van der Waals surface area contributed by atoms with Gasteiger partial charge in [0.25, 0.3) is 5.91 Å². The summed E-state index contributed by atoms with van der Waals surface area (Å²) in [5, 5.41) is 0.0189. The van der Waals surface area contributed by atoms with E-state index in [1.165, 1.54) is 53.5 Å². The lowest BCUT2D eigenvalue weighted by molar-refractivity contribution is -0.139. The molecule has 1 amide bonds. The first-order chi connectivity index (χ1) is 15.6. The zero-order chi connectivity index (χ0) is 24.2. The first-order valence-electron chi connectivity index (χ1n) is 10.6. The van der Waals surface area contributed by atoms with Crippen molar-refractivity contribution in [2.45, 2.75) is 43.7 Å². The van der Waals surface area contributed by atoms with Crippen molar-refractivity contribution in [3.63, 3.8) is 0 Å². The van der Waals surface area contributed by atoms with E-state index >= 15 is 0 Å². The fraction of sp³-hybridized carbons (Fsp3) is 0.391. The quantitative estimate of drug-likeness (QED) is 0.543. The number of carbonyl (C=O) groups is 2. The van der Waals surface area contributed by atoms with Crippen molar-refractivity contribution in [2.75, 3.05) is 20.1 Å². The molecular formula is C23H26ClFN2O5S. The van der Waals surface area contributed by atoms with Crippen molar-refractivity contribution in [2.24, 2.45) is 0 Å². The van der Waals surface area contributed by atoms with Gasteiger partial charge in [-0.3, -0.25) is 4.79 Å². The number of likely N-dealkylation sites (N-methyl/N-ethyl adjacent to an activating group) is 1. The Morgan fingerprint density at radius 1 is 1.15 bits per heavy atom. The van der Waals surface area contributed by atoms with Gasteiger partial charge in [0.15, 0.2) is 6.10 Å². The Bertz CT molecular complexity index is 1140. The number of amides is 1. The SMILES string of the molecule is CC(OC(=O)c1cc(S(=O)(=O)N2CCCCC2)ccc1Cl)C(=O)N(C)Cc1cccc(F)c1. The number of piperidine rings is 1. The summed E-state index contributed by atoms with van der Waals surface area (Å²) in [7, 11) is -2.26. The summed E-state index contributed by atoms with van der Waals surface area (Å²) >= 11 is 6.13. The van der Waals surface area contributed by atoms with Crippen LogP contribution in [0.2, 0.25) is 5.02 Å². The van der Waals surface area contributed by atoms with Crippen LogP contribution in [-0.4, -0.2) is 55.7 Å². The number of benzene rings is 2. The van der Waals surface area contributed by atoms with Crippen molar-refractivity contribution in [1.29, 1.82) is 0 Å². The Kier molecular flexibility index (Phi) is 8.10. The van der Waals surface area contributed by atoms with Crippen LogP contribution in [0.5, 0.6) is 0 Å². The highest BCUT2D eigenvalue weighted by atomic mass is 35.5. The van der Waals surface area contributed by atoms with Gasteiger partial charge in [0.2, 0.25) is 10.0 Å². The summed E-state index contributed by atoms with van der Waals surface area (Å²) in [6.07, 6.45) is 1.38. The lowest BCUT2D eigenvalue weighted by Gasteiger charge is -2.26. The standard InChI is InChI=1S/C23H26ClFN2O5S/c1-16(22(28)26(2)15-17-7-6-8-18(25)13-17)32-23(29)20-14-19(9-10-21(20)24)33(30,31)27-11-4-3-5-12-27/h6-10,13-14,16H,3-5,11-12,15H2,1-2H3. The molecule has 1 atom stereocenters. The first-order valence-corrected chi connectivity index (χ1v) is 12.4. The van der Waals surface area contributed by atoms with E-state index in [-0.39, 0.29) is 22.0 Å². The topological polar surface area (TPSA) is 84.0 Å². The van der Waals surface area contributed by atoms with Crippen LogP contribution in [0.1, 0.15) is 42.1 Å². The number of nitrogens with zero attached hydrogens (tertiary/aromatic N) is 2. The van der Waals surface area contributed by atoms with E-state index in [2.05, 4.69) is 0 Å². The number of sulfonamides is 1. The Morgan fingerprint density at radius 2 is 1.85 bits per heavy atom. The molecule has 1 unspecified atom stereocenters. The average molecular weight is 497 g/mol. The molecule has 178 valence electrons. The molecule has 2 aromatic carbocycles. The third kappa shape index (κ3) is 6.10. The second-order valence-electron chi connectivity index (χ2n) is 7.98. The van der Waals surface area contributed by atoms with E-state index in [0.717, 1.165) is 19.3 Å². The Hall–Kier alpha value is -2.49. The maximum Gasteiger partial charge on any atom is 0.340 e. The van der Waals surface area contributed by atoms with Crippen molar-refractivity contribution in [3.05, 3.63) is 64.4 Å². The number of esters is 1. The normalized spacial score (nSPS) is 15.6. The molecule has 1 aliphatic heterocycles. The van der Waals surface area contributed by atoms with Crippen LogP contribution in [-0.2, 0) is 26.1 Å². The monoisotopic (exact) mass is 496 g/mol. The number of ether oxygens (including phenoxy) is 1. The molecule has 1 aliphatic rings. The maximum absolute atomic E-state index is 13.4. The molecule has 1 fully saturated rings. The fourth-order valence-electron chi connectivity index (χ4n) is 3.65. The van der Waals surface area contributed by atoms with Crippen molar-refractivity contribution < 1.29 is 27.1 Å². The van der Waals surface area contributed by atoms with Crippen molar-refractivity contribution in [3.8, 4) is 0 Å². The number of carbonyl (C=O) groups excluding carboxylic acids is 2. The molecule has 3 rings (SSSR count). The van der Waals surface area contributed by atoms with Crippen LogP contribution < -0.4 is 0 Å². The number of hydrogen-bond donors (Lipinski definition) is 0. The molecule has 0 bridgehead atoms. The molecule has 0 aromatic heterocycles. The van der Waals surface area contributed by atoms with Gasteiger partial charge in [0.05, 0.1) is 15.5 Å².